The first kappa shape index (κ1) is 17.8. The zero-order chi connectivity index (χ0) is 17.4. The molecule has 2 unspecified atom stereocenters. The smallest absolute Gasteiger partial charge is 0.329 e. The molecule has 2 atom stereocenters. The number of aliphatic carboxylic acids is 1. The molecular formula is C17H28N2O4. The van der Waals surface area contributed by atoms with Gasteiger partial charge in [0.05, 0.1) is 5.92 Å². The molecule has 23 heavy (non-hydrogen) atoms. The van der Waals surface area contributed by atoms with E-state index in [1.165, 1.54) is 4.90 Å². The van der Waals surface area contributed by atoms with Gasteiger partial charge in [-0.1, -0.05) is 20.8 Å². The van der Waals surface area contributed by atoms with Gasteiger partial charge in [-0.3, -0.25) is 9.59 Å². The lowest BCUT2D eigenvalue weighted by Crippen LogP contribution is -2.55. The molecule has 2 saturated heterocycles. The Bertz CT molecular complexity index is 511. The molecule has 2 rings (SSSR count). The number of hydrogen-bond acceptors (Lipinski definition) is 3. The van der Waals surface area contributed by atoms with Gasteiger partial charge in [0.2, 0.25) is 11.8 Å². The average molecular weight is 324 g/mol. The number of likely N-dealkylation sites (tertiary alicyclic amines) is 2. The zero-order valence-electron chi connectivity index (χ0n) is 14.6. The van der Waals surface area contributed by atoms with Crippen LogP contribution in [0, 0.1) is 11.3 Å². The molecule has 0 aromatic carbocycles. The predicted octanol–water partition coefficient (Wildman–Crippen LogP) is 1.74. The van der Waals surface area contributed by atoms with Crippen molar-refractivity contribution in [3.8, 4) is 0 Å². The van der Waals surface area contributed by atoms with Crippen LogP contribution in [-0.2, 0) is 14.4 Å². The van der Waals surface area contributed by atoms with Crippen LogP contribution in [0.1, 0.15) is 53.4 Å². The van der Waals surface area contributed by atoms with E-state index in [2.05, 4.69) is 0 Å². The van der Waals surface area contributed by atoms with Crippen LogP contribution in [0.5, 0.6) is 0 Å². The minimum Gasteiger partial charge on any atom is -0.480 e. The fourth-order valence-electron chi connectivity index (χ4n) is 3.60. The Hall–Kier alpha value is -1.59. The quantitative estimate of drug-likeness (QED) is 0.839. The molecule has 0 spiro atoms. The molecule has 0 radical (unpaired) electrons. The van der Waals surface area contributed by atoms with E-state index in [0.29, 0.717) is 32.5 Å². The summed E-state index contributed by atoms with van der Waals surface area (Å²) in [6.07, 6.45) is 2.71. The Labute approximate surface area is 137 Å². The van der Waals surface area contributed by atoms with Gasteiger partial charge in [0.1, 0.15) is 5.54 Å². The lowest BCUT2D eigenvalue weighted by Gasteiger charge is -2.39. The van der Waals surface area contributed by atoms with Gasteiger partial charge in [-0.15, -0.1) is 0 Å². The monoisotopic (exact) mass is 324 g/mol. The van der Waals surface area contributed by atoms with Gasteiger partial charge in [0, 0.05) is 25.0 Å². The Morgan fingerprint density at radius 1 is 1.13 bits per heavy atom. The number of carboxylic acids is 1. The standard InChI is InChI=1S/C17H28N2O4/c1-16(2,3)14(21)18-9-5-7-12(11-18)13(20)19-10-6-8-17(19,4)15(22)23/h12H,5-11H2,1-4H3,(H,22,23). The summed E-state index contributed by atoms with van der Waals surface area (Å²) < 4.78 is 0. The van der Waals surface area contributed by atoms with E-state index in [4.69, 9.17) is 0 Å². The normalized spacial score (nSPS) is 28.8. The second-order valence-electron chi connectivity index (χ2n) is 8.01. The molecule has 2 aliphatic rings. The fraction of sp³-hybridized carbons (Fsp3) is 0.824. The van der Waals surface area contributed by atoms with Gasteiger partial charge in [0.25, 0.3) is 0 Å². The first-order valence-electron chi connectivity index (χ1n) is 8.41. The number of carboxylic acid groups (broad SMARTS) is 1. The maximum Gasteiger partial charge on any atom is 0.329 e. The highest BCUT2D eigenvalue weighted by atomic mass is 16.4. The number of carbonyl (C=O) groups is 3. The lowest BCUT2D eigenvalue weighted by molar-refractivity contribution is -0.158. The summed E-state index contributed by atoms with van der Waals surface area (Å²) >= 11 is 0. The van der Waals surface area contributed by atoms with Crippen molar-refractivity contribution in [1.29, 1.82) is 0 Å². The first-order chi connectivity index (χ1) is 10.6. The molecule has 6 nitrogen and oxygen atoms in total. The summed E-state index contributed by atoms with van der Waals surface area (Å²) in [6.45, 7) is 8.83. The summed E-state index contributed by atoms with van der Waals surface area (Å²) in [5.74, 6) is -1.29. The largest absolute Gasteiger partial charge is 0.480 e. The minimum absolute atomic E-state index is 0.0532. The first-order valence-corrected chi connectivity index (χ1v) is 8.41. The number of hydrogen-bond donors (Lipinski definition) is 1. The van der Waals surface area contributed by atoms with E-state index >= 15 is 0 Å². The lowest BCUT2D eigenvalue weighted by atomic mass is 9.90. The van der Waals surface area contributed by atoms with Crippen LogP contribution < -0.4 is 0 Å². The van der Waals surface area contributed by atoms with Crippen molar-refractivity contribution in [2.75, 3.05) is 19.6 Å². The summed E-state index contributed by atoms with van der Waals surface area (Å²) in [5.41, 5.74) is -1.57. The van der Waals surface area contributed by atoms with Crippen molar-refractivity contribution >= 4 is 17.8 Å². The number of piperidine rings is 1. The van der Waals surface area contributed by atoms with Crippen molar-refractivity contribution in [2.24, 2.45) is 11.3 Å². The molecule has 1 N–H and O–H groups in total. The summed E-state index contributed by atoms with van der Waals surface area (Å²) in [7, 11) is 0. The Morgan fingerprint density at radius 3 is 2.35 bits per heavy atom. The number of carbonyl (C=O) groups excluding carboxylic acids is 2. The molecule has 0 aromatic rings. The molecule has 0 aromatic heterocycles. The molecular weight excluding hydrogens is 296 g/mol. The molecule has 2 amide bonds. The molecule has 0 bridgehead atoms. The van der Waals surface area contributed by atoms with E-state index < -0.39 is 16.9 Å². The maximum absolute atomic E-state index is 12.9. The van der Waals surface area contributed by atoms with Crippen LogP contribution in [0.2, 0.25) is 0 Å². The third-order valence-electron chi connectivity index (χ3n) is 5.07. The predicted molar refractivity (Wildman–Crippen MR) is 85.7 cm³/mol. The number of nitrogens with zero attached hydrogens (tertiary/aromatic N) is 2. The Kier molecular flexibility index (Phi) is 4.74. The van der Waals surface area contributed by atoms with E-state index in [1.54, 1.807) is 11.8 Å². The van der Waals surface area contributed by atoms with Gasteiger partial charge >= 0.3 is 5.97 Å². The Balaban J connectivity index is 2.11. The van der Waals surface area contributed by atoms with E-state index in [9.17, 15) is 19.5 Å². The van der Waals surface area contributed by atoms with Gasteiger partial charge < -0.3 is 14.9 Å². The Morgan fingerprint density at radius 2 is 1.78 bits per heavy atom. The fourth-order valence-corrected chi connectivity index (χ4v) is 3.60. The van der Waals surface area contributed by atoms with Crippen LogP contribution in [-0.4, -0.2) is 57.9 Å². The van der Waals surface area contributed by atoms with Gasteiger partial charge in [-0.05, 0) is 32.6 Å². The van der Waals surface area contributed by atoms with Crippen molar-refractivity contribution in [1.82, 2.24) is 9.80 Å². The van der Waals surface area contributed by atoms with Gasteiger partial charge in [-0.2, -0.15) is 0 Å². The number of amides is 2. The highest BCUT2D eigenvalue weighted by Gasteiger charge is 2.48. The van der Waals surface area contributed by atoms with Crippen LogP contribution >= 0.6 is 0 Å². The summed E-state index contributed by atoms with van der Waals surface area (Å²) in [4.78, 5) is 40.2. The van der Waals surface area contributed by atoms with E-state index in [-0.39, 0.29) is 17.7 Å². The molecule has 2 aliphatic heterocycles. The number of rotatable bonds is 2. The van der Waals surface area contributed by atoms with Crippen molar-refractivity contribution in [3.63, 3.8) is 0 Å². The summed E-state index contributed by atoms with van der Waals surface area (Å²) in [6, 6.07) is 0. The van der Waals surface area contributed by atoms with Crippen LogP contribution in [0.4, 0.5) is 0 Å². The topological polar surface area (TPSA) is 77.9 Å². The van der Waals surface area contributed by atoms with Gasteiger partial charge in [-0.25, -0.2) is 4.79 Å². The van der Waals surface area contributed by atoms with Crippen molar-refractivity contribution in [3.05, 3.63) is 0 Å². The van der Waals surface area contributed by atoms with E-state index in [0.717, 1.165) is 12.8 Å². The van der Waals surface area contributed by atoms with Crippen molar-refractivity contribution < 1.29 is 19.5 Å². The third kappa shape index (κ3) is 3.35. The van der Waals surface area contributed by atoms with Crippen LogP contribution in [0.25, 0.3) is 0 Å². The third-order valence-corrected chi connectivity index (χ3v) is 5.07. The van der Waals surface area contributed by atoms with Crippen molar-refractivity contribution in [2.45, 2.75) is 58.9 Å². The van der Waals surface area contributed by atoms with Crippen LogP contribution in [0.3, 0.4) is 0 Å². The average Bonchev–Trinajstić information content (AvgIpc) is 2.88. The maximum atomic E-state index is 12.9. The second-order valence-corrected chi connectivity index (χ2v) is 8.01. The molecule has 6 heteroatoms. The van der Waals surface area contributed by atoms with Gasteiger partial charge in [0.15, 0.2) is 0 Å². The molecule has 0 saturated carbocycles. The molecule has 130 valence electrons. The molecule has 2 fully saturated rings. The second kappa shape index (κ2) is 6.13. The highest BCUT2D eigenvalue weighted by Crippen LogP contribution is 2.33. The highest BCUT2D eigenvalue weighted by molar-refractivity contribution is 5.89. The van der Waals surface area contributed by atoms with Crippen LogP contribution in [0.15, 0.2) is 0 Å². The summed E-state index contributed by atoms with van der Waals surface area (Å²) in [5, 5.41) is 9.48. The minimum atomic E-state index is -1.10. The van der Waals surface area contributed by atoms with E-state index in [1.807, 2.05) is 20.8 Å². The molecule has 2 heterocycles. The SMILES string of the molecule is CC(C)(C)C(=O)N1CCCC(C(=O)N2CCCC2(C)C(=O)O)C1. The zero-order valence-corrected chi connectivity index (χ0v) is 14.6. The molecule has 0 aliphatic carbocycles.